The SMILES string of the molecule is CC(=O)Oc1ccc(N2C(=O)[C@@H]3[C@H]4C[C@@H]([C@@H]5C(c6ccc(OCC#N)cc6)=NO[C@H]45)[C@@H]3C2=O)cc1. The van der Waals surface area contributed by atoms with Crippen molar-refractivity contribution in [3.8, 4) is 17.6 Å². The van der Waals surface area contributed by atoms with Crippen LogP contribution in [0.2, 0.25) is 0 Å². The van der Waals surface area contributed by atoms with Gasteiger partial charge in [-0.3, -0.25) is 19.3 Å². The van der Waals surface area contributed by atoms with Crippen LogP contribution in [0.15, 0.2) is 53.7 Å². The number of nitrogens with zero attached hydrogens (tertiary/aromatic N) is 3. The summed E-state index contributed by atoms with van der Waals surface area (Å²) < 4.78 is 10.4. The van der Waals surface area contributed by atoms with Crippen LogP contribution >= 0.6 is 0 Å². The second kappa shape index (κ2) is 7.94. The fourth-order valence-corrected chi connectivity index (χ4v) is 6.29. The number of benzene rings is 2. The minimum atomic E-state index is -0.439. The lowest BCUT2D eigenvalue weighted by molar-refractivity contribution is -0.132. The van der Waals surface area contributed by atoms with Crippen LogP contribution in [0.1, 0.15) is 18.9 Å². The molecule has 2 amide bonds. The molecule has 0 aromatic heterocycles. The van der Waals surface area contributed by atoms with Gasteiger partial charge in [0.1, 0.15) is 23.7 Å². The number of esters is 1. The minimum absolute atomic E-state index is 0.0277. The van der Waals surface area contributed by atoms with Crippen LogP contribution in [0.4, 0.5) is 5.69 Å². The first kappa shape index (κ1) is 21.4. The molecule has 176 valence electrons. The molecule has 1 saturated heterocycles. The summed E-state index contributed by atoms with van der Waals surface area (Å²) in [6.07, 6.45) is 0.526. The molecule has 0 spiro atoms. The van der Waals surface area contributed by atoms with Gasteiger partial charge in [0.05, 0.1) is 23.2 Å². The van der Waals surface area contributed by atoms with Crippen molar-refractivity contribution in [2.75, 3.05) is 11.5 Å². The summed E-state index contributed by atoms with van der Waals surface area (Å²) in [4.78, 5) is 45.2. The quantitative estimate of drug-likeness (QED) is 0.374. The summed E-state index contributed by atoms with van der Waals surface area (Å²) in [7, 11) is 0. The first-order valence-electron chi connectivity index (χ1n) is 11.5. The summed E-state index contributed by atoms with van der Waals surface area (Å²) in [5.74, 6) is -0.894. The number of oxime groups is 1. The maximum Gasteiger partial charge on any atom is 0.308 e. The molecule has 2 bridgehead atoms. The van der Waals surface area contributed by atoms with E-state index in [4.69, 9.17) is 19.6 Å². The van der Waals surface area contributed by atoms with Gasteiger partial charge in [0.2, 0.25) is 11.8 Å². The molecular formula is C26H21N3O6. The van der Waals surface area contributed by atoms with E-state index in [0.29, 0.717) is 17.2 Å². The third kappa shape index (κ3) is 3.21. The van der Waals surface area contributed by atoms with Crippen molar-refractivity contribution in [3.05, 3.63) is 54.1 Å². The molecule has 6 atom stereocenters. The highest BCUT2D eigenvalue weighted by atomic mass is 16.6. The Bertz CT molecular complexity index is 1300. The molecule has 2 aliphatic carbocycles. The predicted molar refractivity (Wildman–Crippen MR) is 121 cm³/mol. The topological polar surface area (TPSA) is 118 Å². The monoisotopic (exact) mass is 471 g/mol. The maximum atomic E-state index is 13.5. The summed E-state index contributed by atoms with van der Waals surface area (Å²) in [5, 5.41) is 13.0. The molecule has 2 aliphatic heterocycles. The van der Waals surface area contributed by atoms with E-state index >= 15 is 0 Å². The lowest BCUT2D eigenvalue weighted by atomic mass is 9.71. The normalized spacial score (nSPS) is 29.8. The van der Waals surface area contributed by atoms with E-state index in [1.165, 1.54) is 11.8 Å². The van der Waals surface area contributed by atoms with E-state index in [9.17, 15) is 14.4 Å². The van der Waals surface area contributed by atoms with Gasteiger partial charge in [0.25, 0.3) is 0 Å². The summed E-state index contributed by atoms with van der Waals surface area (Å²) >= 11 is 0. The Morgan fingerprint density at radius 3 is 2.34 bits per heavy atom. The molecule has 0 unspecified atom stereocenters. The van der Waals surface area contributed by atoms with Crippen molar-refractivity contribution in [3.63, 3.8) is 0 Å². The molecule has 2 aromatic carbocycles. The van der Waals surface area contributed by atoms with Crippen LogP contribution in [0, 0.1) is 40.9 Å². The van der Waals surface area contributed by atoms with E-state index in [1.807, 2.05) is 18.2 Å². The van der Waals surface area contributed by atoms with E-state index in [-0.39, 0.29) is 42.3 Å². The van der Waals surface area contributed by atoms with Crippen LogP contribution < -0.4 is 14.4 Å². The Kier molecular flexibility index (Phi) is 4.85. The molecule has 6 rings (SSSR count). The largest absolute Gasteiger partial charge is 0.479 e. The van der Waals surface area contributed by atoms with Crippen LogP contribution in [0.5, 0.6) is 11.5 Å². The van der Waals surface area contributed by atoms with E-state index in [2.05, 4.69) is 5.16 Å². The van der Waals surface area contributed by atoms with Crippen molar-refractivity contribution in [1.82, 2.24) is 0 Å². The Balaban J connectivity index is 1.24. The first-order valence-corrected chi connectivity index (χ1v) is 11.5. The smallest absolute Gasteiger partial charge is 0.308 e. The number of ether oxygens (including phenoxy) is 2. The van der Waals surface area contributed by atoms with Gasteiger partial charge in [0.15, 0.2) is 6.61 Å². The Labute approximate surface area is 200 Å². The first-order chi connectivity index (χ1) is 17.0. The molecule has 0 radical (unpaired) electrons. The molecule has 3 fully saturated rings. The number of rotatable bonds is 5. The molecule has 35 heavy (non-hydrogen) atoms. The second-order valence-corrected chi connectivity index (χ2v) is 9.26. The fourth-order valence-electron chi connectivity index (χ4n) is 6.29. The van der Waals surface area contributed by atoms with Crippen LogP contribution in [-0.2, 0) is 19.2 Å². The zero-order valence-electron chi connectivity index (χ0n) is 18.8. The van der Waals surface area contributed by atoms with Gasteiger partial charge in [-0.05, 0) is 60.9 Å². The van der Waals surface area contributed by atoms with Crippen LogP contribution in [0.25, 0.3) is 0 Å². The lowest BCUT2D eigenvalue weighted by Crippen LogP contribution is -2.41. The standard InChI is InChI=1S/C26H21N3O6/c1-13(30)34-17-8-4-15(5-9-17)29-25(31)20-18-12-19(21(20)26(29)32)24-22(18)23(28-35-24)14-2-6-16(7-3-14)33-11-10-27/h2-9,18-22,24H,11-12H2,1H3/t18-,19-,20+,21-,22-,24-/m1/s1. The van der Waals surface area contributed by atoms with E-state index in [1.54, 1.807) is 36.4 Å². The van der Waals surface area contributed by atoms with Gasteiger partial charge >= 0.3 is 5.97 Å². The zero-order chi connectivity index (χ0) is 24.3. The number of fused-ring (bicyclic) bond motifs is 8. The number of carbonyl (C=O) groups is 3. The predicted octanol–water partition coefficient (Wildman–Crippen LogP) is 2.69. The van der Waals surface area contributed by atoms with Crippen molar-refractivity contribution in [2.45, 2.75) is 19.4 Å². The average Bonchev–Trinajstić information content (AvgIpc) is 3.59. The van der Waals surface area contributed by atoms with Crippen LogP contribution in [-0.4, -0.2) is 36.2 Å². The number of hydrogen-bond acceptors (Lipinski definition) is 8. The summed E-state index contributed by atoms with van der Waals surface area (Å²) in [6.45, 7) is 1.28. The number of amides is 2. The molecule has 9 heteroatoms. The van der Waals surface area contributed by atoms with Gasteiger partial charge in [-0.2, -0.15) is 5.26 Å². The molecular weight excluding hydrogens is 450 g/mol. The van der Waals surface area contributed by atoms with Crippen molar-refractivity contribution in [1.29, 1.82) is 5.26 Å². The number of hydrogen-bond donors (Lipinski definition) is 0. The van der Waals surface area contributed by atoms with Gasteiger partial charge in [0, 0.05) is 24.3 Å². The third-order valence-electron chi connectivity index (χ3n) is 7.50. The average molecular weight is 471 g/mol. The highest BCUT2D eigenvalue weighted by Gasteiger charge is 2.70. The molecule has 4 aliphatic rings. The molecule has 0 N–H and O–H groups in total. The maximum absolute atomic E-state index is 13.5. The zero-order valence-corrected chi connectivity index (χ0v) is 18.8. The Hall–Kier alpha value is -4.19. The number of nitriles is 1. The highest BCUT2D eigenvalue weighted by molar-refractivity contribution is 6.23. The summed E-state index contributed by atoms with van der Waals surface area (Å²) in [5.41, 5.74) is 2.13. The molecule has 2 heterocycles. The number of anilines is 1. The van der Waals surface area contributed by atoms with Crippen molar-refractivity contribution in [2.24, 2.45) is 34.7 Å². The molecule has 9 nitrogen and oxygen atoms in total. The third-order valence-corrected chi connectivity index (χ3v) is 7.50. The van der Waals surface area contributed by atoms with Crippen molar-refractivity contribution >= 4 is 29.2 Å². The molecule has 2 aromatic rings. The lowest BCUT2D eigenvalue weighted by Gasteiger charge is -2.29. The van der Waals surface area contributed by atoms with Crippen LogP contribution in [0.3, 0.4) is 0 Å². The molecule has 2 saturated carbocycles. The van der Waals surface area contributed by atoms with Gasteiger partial charge in [-0.25, -0.2) is 0 Å². The Morgan fingerprint density at radius 2 is 1.69 bits per heavy atom. The highest BCUT2D eigenvalue weighted by Crippen LogP contribution is 2.62. The van der Waals surface area contributed by atoms with Gasteiger partial charge < -0.3 is 14.3 Å². The Morgan fingerprint density at radius 1 is 1.03 bits per heavy atom. The number of carbonyl (C=O) groups excluding carboxylic acids is 3. The van der Waals surface area contributed by atoms with Gasteiger partial charge in [-0.1, -0.05) is 5.16 Å². The van der Waals surface area contributed by atoms with Crippen molar-refractivity contribution < 1.29 is 28.7 Å². The second-order valence-electron chi connectivity index (χ2n) is 9.26. The van der Waals surface area contributed by atoms with Gasteiger partial charge in [-0.15, -0.1) is 0 Å². The van der Waals surface area contributed by atoms with E-state index < -0.39 is 17.8 Å². The fraction of sp³-hybridized carbons (Fsp3) is 0.346. The minimum Gasteiger partial charge on any atom is -0.479 e. The van der Waals surface area contributed by atoms with E-state index in [0.717, 1.165) is 17.7 Å². The number of imide groups is 1. The summed E-state index contributed by atoms with van der Waals surface area (Å²) in [6, 6.07) is 15.6.